The smallest absolute Gasteiger partial charge is 0.328 e. The summed E-state index contributed by atoms with van der Waals surface area (Å²) in [5, 5.41) is 31.2. The van der Waals surface area contributed by atoms with Crippen LogP contribution in [0, 0.1) is 0 Å². The largest absolute Gasteiger partial charge is 0.478 e. The van der Waals surface area contributed by atoms with Crippen molar-refractivity contribution in [3.8, 4) is 0 Å². The number of benzene rings is 1. The fourth-order valence-electron chi connectivity index (χ4n) is 3.61. The Kier molecular flexibility index (Phi) is 13.7. The Morgan fingerprint density at radius 2 is 1.17 bits per heavy atom. The van der Waals surface area contributed by atoms with Crippen LogP contribution in [0.15, 0.2) is 42.5 Å². The molecule has 0 bridgehead atoms. The molecular weight excluding hydrogens is 456 g/mol. The van der Waals surface area contributed by atoms with Gasteiger partial charge in [0.05, 0.1) is 0 Å². The molecule has 0 amide bonds. The lowest BCUT2D eigenvalue weighted by molar-refractivity contribution is -0.134. The minimum atomic E-state index is -1.26. The van der Waals surface area contributed by atoms with Gasteiger partial charge in [-0.1, -0.05) is 24.6 Å². The van der Waals surface area contributed by atoms with E-state index in [4.69, 9.17) is 20.4 Å². The number of likely N-dealkylation sites (N-methyl/N-ethyl adjacent to an activating group) is 1. The molecule has 0 unspecified atom stereocenters. The van der Waals surface area contributed by atoms with E-state index >= 15 is 0 Å². The first kappa shape index (κ1) is 29.5. The molecule has 4 N–H and O–H groups in total. The number of carboxylic acids is 4. The third-order valence-corrected chi connectivity index (χ3v) is 5.40. The molecule has 1 saturated heterocycles. The molecule has 1 aliphatic heterocycles. The normalized spacial score (nSPS) is 16.3. The maximum Gasteiger partial charge on any atom is 0.328 e. The van der Waals surface area contributed by atoms with Gasteiger partial charge in [0.25, 0.3) is 0 Å². The van der Waals surface area contributed by atoms with Crippen LogP contribution in [-0.4, -0.2) is 87.3 Å². The summed E-state index contributed by atoms with van der Waals surface area (Å²) in [6, 6.07) is 7.24. The van der Waals surface area contributed by atoms with Crippen molar-refractivity contribution in [2.45, 2.75) is 38.6 Å². The van der Waals surface area contributed by atoms with E-state index in [0.717, 1.165) is 6.54 Å². The van der Waals surface area contributed by atoms with Crippen LogP contribution in [0.3, 0.4) is 0 Å². The summed E-state index contributed by atoms with van der Waals surface area (Å²) in [6.07, 6.45) is 8.99. The first-order valence-corrected chi connectivity index (χ1v) is 11.4. The Bertz CT molecular complexity index is 852. The second kappa shape index (κ2) is 16.2. The fraction of sp³-hybridized carbons (Fsp3) is 0.440. The Morgan fingerprint density at radius 1 is 0.714 bits per heavy atom. The van der Waals surface area contributed by atoms with Crippen molar-refractivity contribution in [2.24, 2.45) is 0 Å². The standard InChI is InChI=1S/C17H26N2.2C4H4O4/c1-18-9-11-19(12-10-18)14-15-7-8-16-5-3-2-4-6-17(16)13-15;2*5-3(6)1-2-4(7)8/h7-8,13H,2-6,9-12,14H2,1H3;2*1-2H,(H,5,6)(H,7,8)/b;2*2-1+. The monoisotopic (exact) mass is 490 g/mol. The quantitative estimate of drug-likeness (QED) is 0.344. The molecular formula is C25H34N2O8. The molecule has 0 saturated carbocycles. The van der Waals surface area contributed by atoms with E-state index in [9.17, 15) is 19.2 Å². The molecule has 3 rings (SSSR count). The van der Waals surface area contributed by atoms with Gasteiger partial charge in [-0.05, 0) is 49.4 Å². The number of carbonyl (C=O) groups is 4. The molecule has 1 aromatic carbocycles. The first-order chi connectivity index (χ1) is 16.6. The van der Waals surface area contributed by atoms with Gasteiger partial charge in [-0.15, -0.1) is 0 Å². The zero-order valence-electron chi connectivity index (χ0n) is 19.9. The van der Waals surface area contributed by atoms with Crippen LogP contribution in [-0.2, 0) is 38.6 Å². The highest BCUT2D eigenvalue weighted by molar-refractivity contribution is 5.90. The van der Waals surface area contributed by atoms with Gasteiger partial charge in [-0.2, -0.15) is 0 Å². The molecule has 1 fully saturated rings. The van der Waals surface area contributed by atoms with Crippen LogP contribution >= 0.6 is 0 Å². The average molecular weight is 491 g/mol. The van der Waals surface area contributed by atoms with Gasteiger partial charge >= 0.3 is 23.9 Å². The van der Waals surface area contributed by atoms with E-state index in [1.807, 2.05) is 0 Å². The zero-order chi connectivity index (χ0) is 26.2. The van der Waals surface area contributed by atoms with Crippen LogP contribution < -0.4 is 0 Å². The van der Waals surface area contributed by atoms with Crippen LogP contribution in [0.1, 0.15) is 36.0 Å². The summed E-state index contributed by atoms with van der Waals surface area (Å²) in [7, 11) is 2.22. The lowest BCUT2D eigenvalue weighted by Crippen LogP contribution is -2.43. The van der Waals surface area contributed by atoms with Gasteiger partial charge in [-0.25, -0.2) is 19.2 Å². The summed E-state index contributed by atoms with van der Waals surface area (Å²) < 4.78 is 0. The van der Waals surface area contributed by atoms with Gasteiger partial charge in [0.2, 0.25) is 0 Å². The van der Waals surface area contributed by atoms with E-state index in [1.54, 1.807) is 11.1 Å². The molecule has 1 aromatic rings. The number of carboxylic acid groups (broad SMARTS) is 4. The number of aryl methyl sites for hydroxylation is 2. The molecule has 0 spiro atoms. The summed E-state index contributed by atoms with van der Waals surface area (Å²) in [5.74, 6) is -5.03. The lowest BCUT2D eigenvalue weighted by atomic mass is 10.00. The van der Waals surface area contributed by atoms with Crippen molar-refractivity contribution >= 4 is 23.9 Å². The van der Waals surface area contributed by atoms with E-state index in [-0.39, 0.29) is 0 Å². The Balaban J connectivity index is 0.000000320. The van der Waals surface area contributed by atoms with Crippen molar-refractivity contribution in [1.82, 2.24) is 9.80 Å². The Morgan fingerprint density at radius 3 is 1.63 bits per heavy atom. The maximum atomic E-state index is 9.55. The molecule has 35 heavy (non-hydrogen) atoms. The highest BCUT2D eigenvalue weighted by atomic mass is 16.4. The van der Waals surface area contributed by atoms with Gasteiger partial charge in [0.15, 0.2) is 0 Å². The highest BCUT2D eigenvalue weighted by Gasteiger charge is 2.15. The first-order valence-electron chi connectivity index (χ1n) is 11.4. The van der Waals surface area contributed by atoms with Crippen molar-refractivity contribution < 1.29 is 39.6 Å². The van der Waals surface area contributed by atoms with Crippen molar-refractivity contribution in [1.29, 1.82) is 0 Å². The number of hydrogen-bond donors (Lipinski definition) is 4. The number of nitrogens with zero attached hydrogens (tertiary/aromatic N) is 2. The molecule has 10 nitrogen and oxygen atoms in total. The van der Waals surface area contributed by atoms with Crippen LogP contribution in [0.25, 0.3) is 0 Å². The lowest BCUT2D eigenvalue weighted by Gasteiger charge is -2.32. The van der Waals surface area contributed by atoms with Gasteiger partial charge in [-0.3, -0.25) is 4.90 Å². The number of aliphatic carboxylic acids is 4. The van der Waals surface area contributed by atoms with Crippen LogP contribution in [0.2, 0.25) is 0 Å². The minimum absolute atomic E-state index is 0.558. The number of hydrogen-bond acceptors (Lipinski definition) is 6. The molecule has 2 aliphatic rings. The molecule has 192 valence electrons. The summed E-state index contributed by atoms with van der Waals surface area (Å²) in [4.78, 5) is 43.2. The molecule has 0 radical (unpaired) electrons. The van der Waals surface area contributed by atoms with E-state index in [2.05, 4.69) is 35.0 Å². The Hall–Kier alpha value is -3.50. The predicted molar refractivity (Wildman–Crippen MR) is 129 cm³/mol. The summed E-state index contributed by atoms with van der Waals surface area (Å²) in [5.41, 5.74) is 4.76. The summed E-state index contributed by atoms with van der Waals surface area (Å²) >= 11 is 0. The third kappa shape index (κ3) is 14.4. The van der Waals surface area contributed by atoms with E-state index in [1.165, 1.54) is 63.8 Å². The highest BCUT2D eigenvalue weighted by Crippen LogP contribution is 2.22. The number of piperazine rings is 1. The second-order valence-electron chi connectivity index (χ2n) is 8.26. The van der Waals surface area contributed by atoms with Gasteiger partial charge in [0, 0.05) is 57.0 Å². The van der Waals surface area contributed by atoms with Crippen LogP contribution in [0.5, 0.6) is 0 Å². The summed E-state index contributed by atoms with van der Waals surface area (Å²) in [6.45, 7) is 6.00. The Labute approximate surface area is 204 Å². The van der Waals surface area contributed by atoms with Crippen molar-refractivity contribution in [3.05, 3.63) is 59.2 Å². The fourth-order valence-corrected chi connectivity index (χ4v) is 3.61. The molecule has 1 heterocycles. The van der Waals surface area contributed by atoms with E-state index < -0.39 is 23.9 Å². The number of rotatable bonds is 6. The topological polar surface area (TPSA) is 156 Å². The number of fused-ring (bicyclic) bond motifs is 1. The van der Waals surface area contributed by atoms with Gasteiger partial charge in [0.1, 0.15) is 0 Å². The molecule has 0 atom stereocenters. The van der Waals surface area contributed by atoms with Crippen LogP contribution in [0.4, 0.5) is 0 Å². The minimum Gasteiger partial charge on any atom is -0.478 e. The van der Waals surface area contributed by atoms with Gasteiger partial charge < -0.3 is 25.3 Å². The molecule has 10 heteroatoms. The SMILES string of the molecule is CN1CCN(Cc2ccc3c(c2)CCCCC3)CC1.O=C(O)/C=C/C(=O)O.O=C(O)/C=C/C(=O)O. The van der Waals surface area contributed by atoms with Crippen molar-refractivity contribution in [2.75, 3.05) is 33.2 Å². The molecule has 1 aliphatic carbocycles. The van der Waals surface area contributed by atoms with Crippen molar-refractivity contribution in [3.63, 3.8) is 0 Å². The van der Waals surface area contributed by atoms with E-state index in [0.29, 0.717) is 24.3 Å². The third-order valence-electron chi connectivity index (χ3n) is 5.40. The average Bonchev–Trinajstić information content (AvgIpc) is 3.04. The zero-order valence-corrected chi connectivity index (χ0v) is 19.9. The maximum absolute atomic E-state index is 9.55. The molecule has 0 aromatic heterocycles. The predicted octanol–water partition coefficient (Wildman–Crippen LogP) is 2.13. The second-order valence-corrected chi connectivity index (χ2v) is 8.26.